The van der Waals surface area contributed by atoms with E-state index in [0.29, 0.717) is 28.2 Å². The molecule has 7 heteroatoms. The first-order chi connectivity index (χ1) is 9.63. The zero-order valence-corrected chi connectivity index (χ0v) is 12.5. The SMILES string of the molecule is CCOC(=O)c1csc(Nc2cc(Cl)ccc2OC)n1. The van der Waals surface area contributed by atoms with E-state index in [1.54, 1.807) is 37.6 Å². The summed E-state index contributed by atoms with van der Waals surface area (Å²) in [6, 6.07) is 5.22. The Morgan fingerprint density at radius 1 is 1.50 bits per heavy atom. The maximum absolute atomic E-state index is 11.5. The molecule has 0 amide bonds. The van der Waals surface area contributed by atoms with Crippen molar-refractivity contribution < 1.29 is 14.3 Å². The van der Waals surface area contributed by atoms with Crippen molar-refractivity contribution in [1.29, 1.82) is 0 Å². The number of carbonyl (C=O) groups excluding carboxylic acids is 1. The first-order valence-electron chi connectivity index (χ1n) is 5.87. The summed E-state index contributed by atoms with van der Waals surface area (Å²) in [7, 11) is 1.57. The number of ether oxygens (including phenoxy) is 2. The summed E-state index contributed by atoms with van der Waals surface area (Å²) in [4.78, 5) is 15.7. The molecule has 0 atom stereocenters. The van der Waals surface area contributed by atoms with Gasteiger partial charge in [-0.15, -0.1) is 11.3 Å². The molecule has 106 valence electrons. The van der Waals surface area contributed by atoms with Crippen LogP contribution in [0.25, 0.3) is 0 Å². The molecule has 0 unspecified atom stereocenters. The van der Waals surface area contributed by atoms with Crippen LogP contribution in [-0.4, -0.2) is 24.7 Å². The van der Waals surface area contributed by atoms with E-state index in [-0.39, 0.29) is 5.69 Å². The van der Waals surface area contributed by atoms with Gasteiger partial charge in [0.05, 0.1) is 19.4 Å². The monoisotopic (exact) mass is 312 g/mol. The zero-order chi connectivity index (χ0) is 14.5. The minimum absolute atomic E-state index is 0.278. The van der Waals surface area contributed by atoms with Crippen LogP contribution in [-0.2, 0) is 4.74 Å². The summed E-state index contributed by atoms with van der Waals surface area (Å²) in [5.74, 6) is 0.206. The number of aromatic nitrogens is 1. The standard InChI is InChI=1S/C13H13ClN2O3S/c1-3-19-12(17)10-7-20-13(16-10)15-9-6-8(14)4-5-11(9)18-2/h4-7H,3H2,1-2H3,(H,15,16). The van der Waals surface area contributed by atoms with Crippen LogP contribution >= 0.6 is 22.9 Å². The molecule has 0 bridgehead atoms. The molecule has 0 saturated heterocycles. The van der Waals surface area contributed by atoms with E-state index in [2.05, 4.69) is 10.3 Å². The van der Waals surface area contributed by atoms with Gasteiger partial charge in [0.25, 0.3) is 0 Å². The van der Waals surface area contributed by atoms with Crippen molar-refractivity contribution in [2.75, 3.05) is 19.0 Å². The van der Waals surface area contributed by atoms with E-state index in [9.17, 15) is 4.79 Å². The van der Waals surface area contributed by atoms with Crippen molar-refractivity contribution in [1.82, 2.24) is 4.98 Å². The second kappa shape index (κ2) is 6.58. The van der Waals surface area contributed by atoms with Gasteiger partial charge in [-0.05, 0) is 25.1 Å². The Hall–Kier alpha value is -1.79. The van der Waals surface area contributed by atoms with Gasteiger partial charge in [-0.3, -0.25) is 0 Å². The molecule has 0 fully saturated rings. The number of carbonyl (C=O) groups is 1. The number of methoxy groups -OCH3 is 1. The minimum atomic E-state index is -0.435. The molecular weight excluding hydrogens is 300 g/mol. The summed E-state index contributed by atoms with van der Waals surface area (Å²) >= 11 is 7.25. The number of hydrogen-bond donors (Lipinski definition) is 1. The van der Waals surface area contributed by atoms with E-state index in [1.807, 2.05) is 0 Å². The smallest absolute Gasteiger partial charge is 0.357 e. The number of rotatable bonds is 5. The van der Waals surface area contributed by atoms with E-state index in [1.165, 1.54) is 11.3 Å². The van der Waals surface area contributed by atoms with Gasteiger partial charge >= 0.3 is 5.97 Å². The molecule has 0 saturated carbocycles. The summed E-state index contributed by atoms with van der Waals surface area (Å²) in [6.45, 7) is 2.07. The van der Waals surface area contributed by atoms with Gasteiger partial charge < -0.3 is 14.8 Å². The Labute approximate surface area is 125 Å². The number of nitrogens with zero attached hydrogens (tertiary/aromatic N) is 1. The van der Waals surface area contributed by atoms with Gasteiger partial charge in [0.1, 0.15) is 5.75 Å². The Bertz CT molecular complexity index is 615. The first kappa shape index (κ1) is 14.6. The topological polar surface area (TPSA) is 60.5 Å². The Morgan fingerprint density at radius 2 is 2.30 bits per heavy atom. The molecule has 1 heterocycles. The van der Waals surface area contributed by atoms with E-state index in [0.717, 1.165) is 0 Å². The lowest BCUT2D eigenvalue weighted by Crippen LogP contribution is -2.05. The van der Waals surface area contributed by atoms with Crippen LogP contribution in [0, 0.1) is 0 Å². The molecule has 0 aliphatic rings. The van der Waals surface area contributed by atoms with Crippen molar-refractivity contribution in [3.05, 3.63) is 34.3 Å². The van der Waals surface area contributed by atoms with Crippen LogP contribution < -0.4 is 10.1 Å². The number of hydrogen-bond acceptors (Lipinski definition) is 6. The molecule has 20 heavy (non-hydrogen) atoms. The van der Waals surface area contributed by atoms with Gasteiger partial charge in [0.2, 0.25) is 0 Å². The van der Waals surface area contributed by atoms with Crippen LogP contribution in [0.3, 0.4) is 0 Å². The summed E-state index contributed by atoms with van der Waals surface area (Å²) in [5.41, 5.74) is 0.963. The molecule has 5 nitrogen and oxygen atoms in total. The lowest BCUT2D eigenvalue weighted by molar-refractivity contribution is 0.0520. The molecule has 1 aromatic heterocycles. The Morgan fingerprint density at radius 3 is 3.00 bits per heavy atom. The molecule has 2 rings (SSSR count). The zero-order valence-electron chi connectivity index (χ0n) is 11.0. The maximum atomic E-state index is 11.5. The minimum Gasteiger partial charge on any atom is -0.495 e. The van der Waals surface area contributed by atoms with Gasteiger partial charge in [-0.1, -0.05) is 11.6 Å². The largest absolute Gasteiger partial charge is 0.495 e. The number of halogens is 1. The average Bonchev–Trinajstić information content (AvgIpc) is 2.88. The maximum Gasteiger partial charge on any atom is 0.357 e. The summed E-state index contributed by atoms with van der Waals surface area (Å²) < 4.78 is 10.1. The second-order valence-corrected chi connectivity index (χ2v) is 5.02. The van der Waals surface area contributed by atoms with E-state index in [4.69, 9.17) is 21.1 Å². The fraction of sp³-hybridized carbons (Fsp3) is 0.231. The van der Waals surface area contributed by atoms with Crippen LogP contribution in [0.5, 0.6) is 5.75 Å². The normalized spacial score (nSPS) is 10.2. The summed E-state index contributed by atoms with van der Waals surface area (Å²) in [6.07, 6.45) is 0. The van der Waals surface area contributed by atoms with Crippen molar-refractivity contribution in [2.24, 2.45) is 0 Å². The summed E-state index contributed by atoms with van der Waals surface area (Å²) in [5, 5.41) is 5.85. The second-order valence-electron chi connectivity index (χ2n) is 3.73. The molecule has 2 aromatic rings. The lowest BCUT2D eigenvalue weighted by Gasteiger charge is -2.09. The predicted octanol–water partition coefficient (Wildman–Crippen LogP) is 3.73. The molecule has 0 aliphatic heterocycles. The van der Waals surface area contributed by atoms with Gasteiger partial charge in [0, 0.05) is 10.4 Å². The average molecular weight is 313 g/mol. The highest BCUT2D eigenvalue weighted by Crippen LogP contribution is 2.31. The molecule has 0 spiro atoms. The molecule has 1 aromatic carbocycles. The van der Waals surface area contributed by atoms with Crippen molar-refractivity contribution in [3.63, 3.8) is 0 Å². The van der Waals surface area contributed by atoms with Crippen molar-refractivity contribution in [2.45, 2.75) is 6.92 Å². The van der Waals surface area contributed by atoms with Crippen LogP contribution in [0.4, 0.5) is 10.8 Å². The van der Waals surface area contributed by atoms with Crippen molar-refractivity contribution >= 4 is 39.7 Å². The van der Waals surface area contributed by atoms with Crippen LogP contribution in [0.1, 0.15) is 17.4 Å². The lowest BCUT2D eigenvalue weighted by atomic mass is 10.3. The Kier molecular flexibility index (Phi) is 4.81. The fourth-order valence-corrected chi connectivity index (χ4v) is 2.39. The highest BCUT2D eigenvalue weighted by atomic mass is 35.5. The van der Waals surface area contributed by atoms with E-state index < -0.39 is 5.97 Å². The molecule has 1 N–H and O–H groups in total. The highest BCUT2D eigenvalue weighted by molar-refractivity contribution is 7.14. The quantitative estimate of drug-likeness (QED) is 0.852. The predicted molar refractivity (Wildman–Crippen MR) is 79.4 cm³/mol. The number of benzene rings is 1. The third kappa shape index (κ3) is 3.40. The number of thiazole rings is 1. The van der Waals surface area contributed by atoms with Crippen molar-refractivity contribution in [3.8, 4) is 5.75 Å². The van der Waals surface area contributed by atoms with Crippen LogP contribution in [0.15, 0.2) is 23.6 Å². The molecule has 0 aliphatic carbocycles. The van der Waals surface area contributed by atoms with Gasteiger partial charge in [-0.25, -0.2) is 9.78 Å². The Balaban J connectivity index is 2.18. The van der Waals surface area contributed by atoms with Gasteiger partial charge in [0.15, 0.2) is 10.8 Å². The van der Waals surface area contributed by atoms with Gasteiger partial charge in [-0.2, -0.15) is 0 Å². The third-order valence-electron chi connectivity index (χ3n) is 2.39. The molecular formula is C13H13ClN2O3S. The van der Waals surface area contributed by atoms with Crippen LogP contribution in [0.2, 0.25) is 5.02 Å². The third-order valence-corrected chi connectivity index (χ3v) is 3.38. The number of nitrogens with one attached hydrogen (secondary N) is 1. The first-order valence-corrected chi connectivity index (χ1v) is 7.13. The number of anilines is 2. The number of esters is 1. The van der Waals surface area contributed by atoms with E-state index >= 15 is 0 Å². The highest BCUT2D eigenvalue weighted by Gasteiger charge is 2.13. The molecule has 0 radical (unpaired) electrons. The fourth-order valence-electron chi connectivity index (χ4n) is 1.52.